The van der Waals surface area contributed by atoms with Crippen LogP contribution in [-0.2, 0) is 13.5 Å². The molecule has 1 unspecified atom stereocenters. The van der Waals surface area contributed by atoms with E-state index < -0.39 is 0 Å². The third-order valence-corrected chi connectivity index (χ3v) is 2.69. The van der Waals surface area contributed by atoms with Crippen LogP contribution in [0.4, 0.5) is 0 Å². The fraction of sp³-hybridized carbons (Fsp3) is 0.750. The molecule has 1 aromatic heterocycles. The van der Waals surface area contributed by atoms with Gasteiger partial charge in [-0.2, -0.15) is 5.10 Å². The lowest BCUT2D eigenvalue weighted by molar-refractivity contribution is 0.487. The summed E-state index contributed by atoms with van der Waals surface area (Å²) in [7, 11) is 1.98. The SMILES string of the molecule is Cc1cc(CC(N)CCC(C)C)n(C)n1. The Morgan fingerprint density at radius 3 is 2.53 bits per heavy atom. The molecule has 3 nitrogen and oxygen atoms in total. The number of nitrogens with two attached hydrogens (primary N) is 1. The van der Waals surface area contributed by atoms with Crippen molar-refractivity contribution >= 4 is 0 Å². The molecule has 0 spiro atoms. The highest BCUT2D eigenvalue weighted by atomic mass is 15.3. The summed E-state index contributed by atoms with van der Waals surface area (Å²) in [6, 6.07) is 2.39. The van der Waals surface area contributed by atoms with Crippen molar-refractivity contribution in [1.82, 2.24) is 9.78 Å². The number of nitrogens with zero attached hydrogens (tertiary/aromatic N) is 2. The Kier molecular flexibility index (Phi) is 4.33. The number of aromatic nitrogens is 2. The molecule has 3 heteroatoms. The normalized spacial score (nSPS) is 13.5. The van der Waals surface area contributed by atoms with Gasteiger partial charge in [-0.1, -0.05) is 13.8 Å². The van der Waals surface area contributed by atoms with Crippen LogP contribution in [0.5, 0.6) is 0 Å². The molecule has 0 radical (unpaired) electrons. The lowest BCUT2D eigenvalue weighted by atomic mass is 10.0. The highest BCUT2D eigenvalue weighted by Crippen LogP contribution is 2.10. The van der Waals surface area contributed by atoms with Gasteiger partial charge in [0, 0.05) is 25.2 Å². The molecule has 1 rings (SSSR count). The largest absolute Gasteiger partial charge is 0.327 e. The van der Waals surface area contributed by atoms with Gasteiger partial charge >= 0.3 is 0 Å². The maximum atomic E-state index is 6.09. The first-order chi connectivity index (χ1) is 6.99. The van der Waals surface area contributed by atoms with Crippen molar-refractivity contribution in [2.75, 3.05) is 0 Å². The van der Waals surface area contributed by atoms with Gasteiger partial charge in [0.2, 0.25) is 0 Å². The van der Waals surface area contributed by atoms with E-state index in [4.69, 9.17) is 5.73 Å². The van der Waals surface area contributed by atoms with Crippen LogP contribution in [-0.4, -0.2) is 15.8 Å². The molecule has 0 bridgehead atoms. The van der Waals surface area contributed by atoms with Crippen molar-refractivity contribution in [3.05, 3.63) is 17.5 Å². The molecule has 0 aromatic carbocycles. The molecule has 15 heavy (non-hydrogen) atoms. The quantitative estimate of drug-likeness (QED) is 0.806. The average Bonchev–Trinajstić information content (AvgIpc) is 2.42. The van der Waals surface area contributed by atoms with Gasteiger partial charge < -0.3 is 5.73 Å². The summed E-state index contributed by atoms with van der Waals surface area (Å²) in [5.41, 5.74) is 8.40. The van der Waals surface area contributed by atoms with E-state index in [1.165, 1.54) is 12.1 Å². The predicted octanol–water partition coefficient (Wildman–Crippen LogP) is 2.03. The zero-order valence-corrected chi connectivity index (χ0v) is 10.3. The minimum atomic E-state index is 0.266. The molecule has 0 fully saturated rings. The Morgan fingerprint density at radius 1 is 1.40 bits per heavy atom. The van der Waals surface area contributed by atoms with E-state index in [2.05, 4.69) is 25.0 Å². The van der Waals surface area contributed by atoms with Crippen molar-refractivity contribution in [2.45, 2.75) is 46.1 Å². The van der Waals surface area contributed by atoms with Gasteiger partial charge in [0.1, 0.15) is 0 Å². The molecule has 0 aliphatic heterocycles. The van der Waals surface area contributed by atoms with Gasteiger partial charge in [0.05, 0.1) is 5.69 Å². The Labute approximate surface area is 92.7 Å². The van der Waals surface area contributed by atoms with Crippen LogP contribution in [0.15, 0.2) is 6.07 Å². The van der Waals surface area contributed by atoms with Crippen LogP contribution in [0.2, 0.25) is 0 Å². The molecular weight excluding hydrogens is 186 g/mol. The number of rotatable bonds is 5. The van der Waals surface area contributed by atoms with Crippen LogP contribution in [0.1, 0.15) is 38.1 Å². The topological polar surface area (TPSA) is 43.8 Å². The molecule has 0 aliphatic carbocycles. The first kappa shape index (κ1) is 12.2. The highest BCUT2D eigenvalue weighted by Gasteiger charge is 2.09. The fourth-order valence-electron chi connectivity index (χ4n) is 1.77. The van der Waals surface area contributed by atoms with E-state index >= 15 is 0 Å². The Hall–Kier alpha value is -0.830. The summed E-state index contributed by atoms with van der Waals surface area (Å²) in [5.74, 6) is 0.740. The maximum absolute atomic E-state index is 6.09. The lowest BCUT2D eigenvalue weighted by Crippen LogP contribution is -2.24. The van der Waals surface area contributed by atoms with Crippen molar-refractivity contribution in [1.29, 1.82) is 0 Å². The molecule has 86 valence electrons. The summed E-state index contributed by atoms with van der Waals surface area (Å²) in [6.45, 7) is 6.49. The van der Waals surface area contributed by atoms with E-state index in [1.807, 2.05) is 18.7 Å². The first-order valence-electron chi connectivity index (χ1n) is 5.74. The van der Waals surface area contributed by atoms with Gasteiger partial charge in [0.25, 0.3) is 0 Å². The second-order valence-corrected chi connectivity index (χ2v) is 4.84. The predicted molar refractivity (Wildman–Crippen MR) is 63.7 cm³/mol. The maximum Gasteiger partial charge on any atom is 0.0596 e. The lowest BCUT2D eigenvalue weighted by Gasteiger charge is -2.12. The Balaban J connectivity index is 2.44. The summed E-state index contributed by atoms with van der Waals surface area (Å²) in [5, 5.41) is 4.32. The van der Waals surface area contributed by atoms with Gasteiger partial charge in [-0.3, -0.25) is 4.68 Å². The second-order valence-electron chi connectivity index (χ2n) is 4.84. The van der Waals surface area contributed by atoms with E-state index in [-0.39, 0.29) is 6.04 Å². The zero-order valence-electron chi connectivity index (χ0n) is 10.3. The molecule has 1 atom stereocenters. The van der Waals surface area contributed by atoms with Crippen LogP contribution < -0.4 is 5.73 Å². The van der Waals surface area contributed by atoms with Crippen molar-refractivity contribution < 1.29 is 0 Å². The summed E-state index contributed by atoms with van der Waals surface area (Å²) >= 11 is 0. The third-order valence-electron chi connectivity index (χ3n) is 2.69. The number of hydrogen-bond acceptors (Lipinski definition) is 2. The molecule has 1 heterocycles. The van der Waals surface area contributed by atoms with E-state index in [1.54, 1.807) is 0 Å². The summed E-state index contributed by atoms with van der Waals surface area (Å²) in [6.07, 6.45) is 3.24. The minimum absolute atomic E-state index is 0.266. The molecular formula is C12H23N3. The molecule has 2 N–H and O–H groups in total. The molecule has 0 aliphatic rings. The van der Waals surface area contributed by atoms with Crippen molar-refractivity contribution in [3.63, 3.8) is 0 Å². The zero-order chi connectivity index (χ0) is 11.4. The van der Waals surface area contributed by atoms with E-state index in [0.29, 0.717) is 0 Å². The first-order valence-corrected chi connectivity index (χ1v) is 5.74. The fourth-order valence-corrected chi connectivity index (χ4v) is 1.77. The van der Waals surface area contributed by atoms with Gasteiger partial charge in [-0.05, 0) is 31.7 Å². The average molecular weight is 209 g/mol. The third kappa shape index (κ3) is 4.04. The number of hydrogen-bond donors (Lipinski definition) is 1. The van der Waals surface area contributed by atoms with Gasteiger partial charge in [0.15, 0.2) is 0 Å². The Bertz CT molecular complexity index is 302. The molecule has 0 amide bonds. The Morgan fingerprint density at radius 2 is 2.07 bits per heavy atom. The van der Waals surface area contributed by atoms with Gasteiger partial charge in [-0.15, -0.1) is 0 Å². The second kappa shape index (κ2) is 5.31. The highest BCUT2D eigenvalue weighted by molar-refractivity contribution is 5.09. The summed E-state index contributed by atoms with van der Waals surface area (Å²) in [4.78, 5) is 0. The minimum Gasteiger partial charge on any atom is -0.327 e. The van der Waals surface area contributed by atoms with Crippen molar-refractivity contribution in [3.8, 4) is 0 Å². The van der Waals surface area contributed by atoms with Gasteiger partial charge in [-0.25, -0.2) is 0 Å². The molecule has 1 aromatic rings. The van der Waals surface area contributed by atoms with E-state index in [0.717, 1.165) is 24.5 Å². The number of aryl methyl sites for hydroxylation is 2. The van der Waals surface area contributed by atoms with Crippen molar-refractivity contribution in [2.24, 2.45) is 18.7 Å². The smallest absolute Gasteiger partial charge is 0.0596 e. The summed E-state index contributed by atoms with van der Waals surface area (Å²) < 4.78 is 1.94. The van der Waals surface area contributed by atoms with Crippen LogP contribution in [0.3, 0.4) is 0 Å². The van der Waals surface area contributed by atoms with E-state index in [9.17, 15) is 0 Å². The van der Waals surface area contributed by atoms with Crippen LogP contribution >= 0.6 is 0 Å². The monoisotopic (exact) mass is 209 g/mol. The molecule has 0 saturated carbocycles. The van der Waals surface area contributed by atoms with Crippen LogP contribution in [0, 0.1) is 12.8 Å². The molecule has 0 saturated heterocycles. The standard InChI is InChI=1S/C12H23N3/c1-9(2)5-6-11(13)8-12-7-10(3)14-15(12)4/h7,9,11H,5-6,8,13H2,1-4H3. The van der Waals surface area contributed by atoms with Crippen LogP contribution in [0.25, 0.3) is 0 Å².